The first-order valence-corrected chi connectivity index (χ1v) is 2.69. The van der Waals surface area contributed by atoms with Gasteiger partial charge in [0.25, 0.3) is 0 Å². The van der Waals surface area contributed by atoms with Gasteiger partial charge in [0.1, 0.15) is 0 Å². The molecule has 6 nitrogen and oxygen atoms in total. The fourth-order valence-corrected chi connectivity index (χ4v) is 0.257. The van der Waals surface area contributed by atoms with Crippen LogP contribution in [0.2, 0.25) is 0 Å². The molecule has 0 atom stereocenters. The molecule has 7 heteroatoms. The molecule has 0 aromatic carbocycles. The van der Waals surface area contributed by atoms with Gasteiger partial charge in [-0.25, -0.2) is 10.3 Å². The van der Waals surface area contributed by atoms with Crippen molar-refractivity contribution < 1.29 is 19.2 Å². The first kappa shape index (κ1) is 7.58. The third-order valence-corrected chi connectivity index (χ3v) is 0.482. The zero-order valence-corrected chi connectivity index (χ0v) is 4.63. The van der Waals surface area contributed by atoms with E-state index in [-0.39, 0.29) is 0 Å². The molecular formula is CH5N2O4P. The molecule has 0 aromatic heterocycles. The van der Waals surface area contributed by atoms with Crippen molar-refractivity contribution in [1.29, 1.82) is 0 Å². The molecule has 0 aromatic rings. The smallest absolute Gasteiger partial charge is 0.350 e. The number of rotatable bonds is 2. The zero-order valence-electron chi connectivity index (χ0n) is 3.74. The van der Waals surface area contributed by atoms with Crippen LogP contribution in [0.3, 0.4) is 0 Å². The molecule has 0 fully saturated rings. The standard InChI is InChI=1S/CH5N2O4P/c2-1(4)3-7-8(5)6/h5-6H,(H3,2,3,4). The average Bonchev–Trinajstić information content (AvgIpc) is 1.61. The van der Waals surface area contributed by atoms with Crippen molar-refractivity contribution in [2.75, 3.05) is 0 Å². The highest BCUT2D eigenvalue weighted by molar-refractivity contribution is 7.39. The number of hydrogen-bond donors (Lipinski definition) is 4. The molecule has 0 aliphatic heterocycles. The third-order valence-electron chi connectivity index (χ3n) is 0.228. The lowest BCUT2D eigenvalue weighted by molar-refractivity contribution is 0.166. The molecule has 0 aliphatic carbocycles. The average molecular weight is 140 g/mol. The predicted molar refractivity (Wildman–Crippen MR) is 25.2 cm³/mol. The highest BCUT2D eigenvalue weighted by atomic mass is 31.2. The number of nitrogens with one attached hydrogen (secondary N) is 1. The molecule has 0 aliphatic rings. The van der Waals surface area contributed by atoms with Gasteiger partial charge in [-0.1, -0.05) is 0 Å². The summed E-state index contributed by atoms with van der Waals surface area (Å²) in [5.41, 5.74) is 5.97. The number of hydrogen-bond acceptors (Lipinski definition) is 4. The maximum Gasteiger partial charge on any atom is 0.350 e. The van der Waals surface area contributed by atoms with Crippen LogP contribution in [0.25, 0.3) is 0 Å². The van der Waals surface area contributed by atoms with Crippen LogP contribution in [-0.4, -0.2) is 15.8 Å². The minimum atomic E-state index is -2.54. The summed E-state index contributed by atoms with van der Waals surface area (Å²) in [5.74, 6) is 0. The van der Waals surface area contributed by atoms with Crippen molar-refractivity contribution in [3.63, 3.8) is 0 Å². The normalized spacial score (nSPS) is 9.38. The Morgan fingerprint density at radius 1 is 1.75 bits per heavy atom. The Morgan fingerprint density at radius 3 is 2.38 bits per heavy atom. The fourth-order valence-electron chi connectivity index (χ4n) is 0.0858. The van der Waals surface area contributed by atoms with Crippen molar-refractivity contribution in [3.8, 4) is 0 Å². The van der Waals surface area contributed by atoms with E-state index >= 15 is 0 Å². The van der Waals surface area contributed by atoms with Crippen LogP contribution in [0.1, 0.15) is 0 Å². The van der Waals surface area contributed by atoms with Gasteiger partial charge < -0.3 is 15.5 Å². The minimum absolute atomic E-state index is 0.972. The minimum Gasteiger partial charge on any atom is -0.350 e. The summed E-state index contributed by atoms with van der Waals surface area (Å²) in [5, 5.41) is 0. The van der Waals surface area contributed by atoms with Crippen molar-refractivity contribution in [1.82, 2.24) is 5.48 Å². The van der Waals surface area contributed by atoms with Crippen LogP contribution < -0.4 is 11.2 Å². The van der Waals surface area contributed by atoms with E-state index in [9.17, 15) is 4.79 Å². The largest absolute Gasteiger partial charge is 0.350 e. The lowest BCUT2D eigenvalue weighted by Crippen LogP contribution is -2.27. The van der Waals surface area contributed by atoms with Gasteiger partial charge in [-0.05, 0) is 0 Å². The zero-order chi connectivity index (χ0) is 6.57. The summed E-state index contributed by atoms with van der Waals surface area (Å²) in [6, 6.07) is -0.972. The molecule has 0 saturated heterocycles. The lowest BCUT2D eigenvalue weighted by Gasteiger charge is -1.99. The number of carbonyl (C=O) groups excluding carboxylic acids is 1. The summed E-state index contributed by atoms with van der Waals surface area (Å²) >= 11 is 0. The van der Waals surface area contributed by atoms with Gasteiger partial charge in [0.2, 0.25) is 0 Å². The van der Waals surface area contributed by atoms with Gasteiger partial charge in [0.05, 0.1) is 0 Å². The molecule has 0 bridgehead atoms. The summed E-state index contributed by atoms with van der Waals surface area (Å²) in [7, 11) is -2.54. The Bertz CT molecular complexity index is 84.1. The van der Waals surface area contributed by atoms with E-state index in [4.69, 9.17) is 9.79 Å². The van der Waals surface area contributed by atoms with E-state index in [0.29, 0.717) is 0 Å². The van der Waals surface area contributed by atoms with Crippen LogP contribution in [-0.2, 0) is 4.62 Å². The molecule has 0 spiro atoms. The second-order valence-electron chi connectivity index (χ2n) is 0.810. The maximum absolute atomic E-state index is 9.68. The van der Waals surface area contributed by atoms with E-state index in [1.807, 2.05) is 0 Å². The highest BCUT2D eigenvalue weighted by Gasteiger charge is 1.98. The van der Waals surface area contributed by atoms with E-state index in [2.05, 4.69) is 10.4 Å². The van der Waals surface area contributed by atoms with Gasteiger partial charge in [-0.3, -0.25) is 0 Å². The number of primary amides is 1. The Morgan fingerprint density at radius 2 is 2.25 bits per heavy atom. The van der Waals surface area contributed by atoms with Crippen molar-refractivity contribution in [2.24, 2.45) is 5.73 Å². The van der Waals surface area contributed by atoms with Gasteiger partial charge in [-0.15, -0.1) is 0 Å². The SMILES string of the molecule is NC(=O)NOP(O)O. The number of nitrogens with two attached hydrogens (primary N) is 1. The quantitative estimate of drug-likeness (QED) is 0.285. The molecule has 0 rings (SSSR count). The fraction of sp³-hybridized carbons (Fsp3) is 0. The number of urea groups is 1. The Labute approximate surface area is 46.2 Å². The molecule has 0 unspecified atom stereocenters. The molecule has 8 heavy (non-hydrogen) atoms. The van der Waals surface area contributed by atoms with Crippen LogP contribution in [0.4, 0.5) is 4.79 Å². The van der Waals surface area contributed by atoms with Crippen LogP contribution in [0.5, 0.6) is 0 Å². The van der Waals surface area contributed by atoms with E-state index in [0.717, 1.165) is 0 Å². The van der Waals surface area contributed by atoms with Crippen molar-refractivity contribution >= 4 is 14.6 Å². The van der Waals surface area contributed by atoms with Crippen LogP contribution in [0.15, 0.2) is 0 Å². The van der Waals surface area contributed by atoms with E-state index in [1.165, 1.54) is 5.48 Å². The molecule has 0 radical (unpaired) electrons. The summed E-state index contributed by atoms with van der Waals surface area (Å²) in [6.45, 7) is 0. The Kier molecular flexibility index (Phi) is 3.38. The third kappa shape index (κ3) is 5.58. The first-order chi connectivity index (χ1) is 3.63. The summed E-state index contributed by atoms with van der Waals surface area (Å²) in [6.07, 6.45) is 0. The summed E-state index contributed by atoms with van der Waals surface area (Å²) in [4.78, 5) is 25.5. The van der Waals surface area contributed by atoms with Crippen molar-refractivity contribution in [3.05, 3.63) is 0 Å². The second-order valence-corrected chi connectivity index (χ2v) is 1.50. The van der Waals surface area contributed by atoms with Gasteiger partial charge in [-0.2, -0.15) is 4.62 Å². The monoisotopic (exact) mass is 140 g/mol. The topological polar surface area (TPSA) is 105 Å². The van der Waals surface area contributed by atoms with E-state index < -0.39 is 14.6 Å². The second kappa shape index (κ2) is 3.57. The van der Waals surface area contributed by atoms with E-state index in [1.54, 1.807) is 0 Å². The van der Waals surface area contributed by atoms with Gasteiger partial charge >= 0.3 is 14.6 Å². The maximum atomic E-state index is 9.68. The number of carbonyl (C=O) groups is 1. The number of hydroxylamine groups is 1. The Hall–Kier alpha value is -0.420. The molecular weight excluding hydrogens is 135 g/mol. The highest BCUT2D eigenvalue weighted by Crippen LogP contribution is 2.21. The van der Waals surface area contributed by atoms with Gasteiger partial charge in [0.15, 0.2) is 0 Å². The molecule has 5 N–H and O–H groups in total. The first-order valence-electron chi connectivity index (χ1n) is 1.53. The van der Waals surface area contributed by atoms with Crippen molar-refractivity contribution in [2.45, 2.75) is 0 Å². The van der Waals surface area contributed by atoms with Crippen LogP contribution in [0, 0.1) is 0 Å². The molecule has 0 saturated carbocycles. The Balaban J connectivity index is 3.05. The summed E-state index contributed by atoms with van der Waals surface area (Å²) < 4.78 is 3.75. The molecule has 48 valence electrons. The lowest BCUT2D eigenvalue weighted by atomic mass is 11.2. The molecule has 2 amide bonds. The molecule has 0 heterocycles. The number of amides is 2. The van der Waals surface area contributed by atoms with Crippen LogP contribution >= 0.6 is 8.60 Å². The predicted octanol–water partition coefficient (Wildman–Crippen LogP) is -1.20. The van der Waals surface area contributed by atoms with Gasteiger partial charge in [0, 0.05) is 0 Å².